The molecule has 4 N–H and O–H groups in total. The normalized spacial score (nSPS) is 15.3. The van der Waals surface area contributed by atoms with E-state index in [0.29, 0.717) is 35.9 Å². The Hall–Kier alpha value is -2.32. The Labute approximate surface area is 138 Å². The zero-order valence-electron chi connectivity index (χ0n) is 12.3. The highest BCUT2D eigenvalue weighted by molar-refractivity contribution is 6.28. The highest BCUT2D eigenvalue weighted by atomic mass is 35.5. The second kappa shape index (κ2) is 6.84. The maximum absolute atomic E-state index is 7.73. The Morgan fingerprint density at radius 1 is 1.26 bits per heavy atom. The van der Waals surface area contributed by atoms with Crippen LogP contribution in [0.25, 0.3) is 11.3 Å². The highest BCUT2D eigenvalue weighted by Gasteiger charge is 2.19. The summed E-state index contributed by atoms with van der Waals surface area (Å²) in [5.41, 5.74) is 7.16. The molecule has 0 bridgehead atoms. The molecule has 23 heavy (non-hydrogen) atoms. The summed E-state index contributed by atoms with van der Waals surface area (Å²) in [6, 6.07) is 0.226. The number of ether oxygens (including phenoxy) is 1. The van der Waals surface area contributed by atoms with Crippen molar-refractivity contribution in [2.45, 2.75) is 18.9 Å². The van der Waals surface area contributed by atoms with Crippen molar-refractivity contribution in [3.63, 3.8) is 0 Å². The number of aromatic nitrogens is 4. The van der Waals surface area contributed by atoms with Gasteiger partial charge in [0.2, 0.25) is 11.2 Å². The number of nitrogen functional groups attached to an aromatic ring is 1. The molecule has 1 aliphatic heterocycles. The summed E-state index contributed by atoms with van der Waals surface area (Å²) in [6.07, 6.45) is 6.04. The molecule has 1 fully saturated rings. The maximum Gasteiger partial charge on any atom is 0.224 e. The molecule has 0 radical (unpaired) electrons. The summed E-state index contributed by atoms with van der Waals surface area (Å²) in [5, 5.41) is 11.2. The fourth-order valence-electron chi connectivity index (χ4n) is 2.40. The first-order chi connectivity index (χ1) is 11.2. The molecule has 2 aromatic heterocycles. The van der Waals surface area contributed by atoms with E-state index in [1.807, 2.05) is 0 Å². The van der Waals surface area contributed by atoms with Crippen LogP contribution in [0.4, 0.5) is 11.8 Å². The number of nitrogens with two attached hydrogens (primary N) is 1. The van der Waals surface area contributed by atoms with Crippen molar-refractivity contribution in [3.8, 4) is 11.3 Å². The predicted molar refractivity (Wildman–Crippen MR) is 87.8 cm³/mol. The average molecular weight is 334 g/mol. The molecule has 1 saturated heterocycles. The number of anilines is 2. The average Bonchev–Trinajstić information content (AvgIpc) is 2.56. The van der Waals surface area contributed by atoms with Crippen LogP contribution >= 0.6 is 11.6 Å². The van der Waals surface area contributed by atoms with Gasteiger partial charge in [-0.3, -0.25) is 0 Å². The van der Waals surface area contributed by atoms with Gasteiger partial charge in [0.05, 0.1) is 11.3 Å². The molecule has 3 heterocycles. The molecular weight excluding hydrogens is 318 g/mol. The highest BCUT2D eigenvalue weighted by Crippen LogP contribution is 2.27. The Balaban J connectivity index is 1.99. The van der Waals surface area contributed by atoms with E-state index in [-0.39, 0.29) is 17.3 Å². The van der Waals surface area contributed by atoms with E-state index < -0.39 is 0 Å². The topological polar surface area (TPSA) is 123 Å². The van der Waals surface area contributed by atoms with Gasteiger partial charge in [0, 0.05) is 43.4 Å². The van der Waals surface area contributed by atoms with E-state index in [1.54, 1.807) is 12.4 Å². The first-order valence-corrected chi connectivity index (χ1v) is 7.55. The van der Waals surface area contributed by atoms with Crippen molar-refractivity contribution in [1.82, 2.24) is 19.9 Å². The van der Waals surface area contributed by atoms with E-state index in [1.165, 1.54) is 6.21 Å². The van der Waals surface area contributed by atoms with Crippen LogP contribution in [0.15, 0.2) is 12.4 Å². The third-order valence-electron chi connectivity index (χ3n) is 3.57. The second-order valence-corrected chi connectivity index (χ2v) is 5.45. The monoisotopic (exact) mass is 333 g/mol. The zero-order valence-corrected chi connectivity index (χ0v) is 13.0. The molecule has 2 aromatic rings. The van der Waals surface area contributed by atoms with Gasteiger partial charge in [-0.2, -0.15) is 0 Å². The lowest BCUT2D eigenvalue weighted by atomic mass is 10.1. The lowest BCUT2D eigenvalue weighted by molar-refractivity contribution is 0.0904. The van der Waals surface area contributed by atoms with Crippen molar-refractivity contribution in [2.75, 3.05) is 24.3 Å². The number of nitrogens with zero attached hydrogens (tertiary/aromatic N) is 4. The molecule has 0 saturated carbocycles. The van der Waals surface area contributed by atoms with Gasteiger partial charge in [-0.25, -0.2) is 19.9 Å². The van der Waals surface area contributed by atoms with Crippen LogP contribution in [0.5, 0.6) is 0 Å². The maximum atomic E-state index is 7.73. The summed E-state index contributed by atoms with van der Waals surface area (Å²) < 4.78 is 5.35. The van der Waals surface area contributed by atoms with E-state index >= 15 is 0 Å². The quantitative estimate of drug-likeness (QED) is 0.575. The summed E-state index contributed by atoms with van der Waals surface area (Å²) >= 11 is 6.05. The Bertz CT molecular complexity index is 701. The number of nitrogens with one attached hydrogen (secondary N) is 2. The number of hydrogen-bond acceptors (Lipinski definition) is 8. The minimum atomic E-state index is 0.0944. The van der Waals surface area contributed by atoms with Gasteiger partial charge in [-0.15, -0.1) is 0 Å². The standard InChI is InChI=1S/C14H16ClN7O/c15-13-21-11(8-6-18-14(17)19-7-8)10(5-16)12(22-13)20-9-1-3-23-4-2-9/h5-7,9,16H,1-4H2,(H2,17,18,19)(H,20,21,22). The van der Waals surface area contributed by atoms with Crippen molar-refractivity contribution in [3.05, 3.63) is 23.2 Å². The summed E-state index contributed by atoms with van der Waals surface area (Å²) in [6.45, 7) is 1.41. The number of halogens is 1. The van der Waals surface area contributed by atoms with Crippen LogP contribution in [0.2, 0.25) is 5.28 Å². The van der Waals surface area contributed by atoms with Crippen LogP contribution < -0.4 is 11.1 Å². The molecule has 0 spiro atoms. The summed E-state index contributed by atoms with van der Waals surface area (Å²) in [5.74, 6) is 0.699. The first kappa shape index (κ1) is 15.6. The first-order valence-electron chi connectivity index (χ1n) is 7.17. The second-order valence-electron chi connectivity index (χ2n) is 5.11. The number of rotatable bonds is 4. The minimum absolute atomic E-state index is 0.0944. The van der Waals surface area contributed by atoms with Crippen LogP contribution in [-0.2, 0) is 4.74 Å². The van der Waals surface area contributed by atoms with Gasteiger partial charge in [-0.1, -0.05) is 0 Å². The van der Waals surface area contributed by atoms with Crippen molar-refractivity contribution >= 4 is 29.6 Å². The zero-order chi connectivity index (χ0) is 16.2. The van der Waals surface area contributed by atoms with Gasteiger partial charge >= 0.3 is 0 Å². The van der Waals surface area contributed by atoms with Crippen LogP contribution in [0.3, 0.4) is 0 Å². The van der Waals surface area contributed by atoms with Crippen molar-refractivity contribution < 1.29 is 4.74 Å². The van der Waals surface area contributed by atoms with Crippen molar-refractivity contribution in [2.24, 2.45) is 0 Å². The minimum Gasteiger partial charge on any atom is -0.381 e. The van der Waals surface area contributed by atoms with Crippen LogP contribution in [-0.4, -0.2) is 45.4 Å². The molecule has 8 nitrogen and oxygen atoms in total. The molecule has 3 rings (SSSR count). The largest absolute Gasteiger partial charge is 0.381 e. The molecule has 120 valence electrons. The lowest BCUT2D eigenvalue weighted by Crippen LogP contribution is -2.29. The van der Waals surface area contributed by atoms with Crippen molar-refractivity contribution in [1.29, 1.82) is 5.41 Å². The third-order valence-corrected chi connectivity index (χ3v) is 3.74. The number of hydrogen-bond donors (Lipinski definition) is 3. The molecule has 0 aliphatic carbocycles. The van der Waals surface area contributed by atoms with Gasteiger partial charge in [0.15, 0.2) is 0 Å². The summed E-state index contributed by atoms with van der Waals surface area (Å²) in [4.78, 5) is 16.4. The lowest BCUT2D eigenvalue weighted by Gasteiger charge is -2.24. The molecule has 9 heteroatoms. The Morgan fingerprint density at radius 3 is 2.61 bits per heavy atom. The van der Waals surface area contributed by atoms with E-state index in [2.05, 4.69) is 25.3 Å². The molecular formula is C14H16ClN7O. The molecule has 0 atom stereocenters. The molecule has 0 amide bonds. The fourth-order valence-corrected chi connectivity index (χ4v) is 2.57. The van der Waals surface area contributed by atoms with E-state index in [4.69, 9.17) is 27.5 Å². The third kappa shape index (κ3) is 3.54. The van der Waals surface area contributed by atoms with Gasteiger partial charge < -0.3 is 21.2 Å². The van der Waals surface area contributed by atoms with Crippen LogP contribution in [0.1, 0.15) is 18.4 Å². The van der Waals surface area contributed by atoms with E-state index in [9.17, 15) is 0 Å². The van der Waals surface area contributed by atoms with Gasteiger partial charge in [-0.05, 0) is 24.4 Å². The molecule has 0 unspecified atom stereocenters. The summed E-state index contributed by atoms with van der Waals surface area (Å²) in [7, 11) is 0. The Kier molecular flexibility index (Phi) is 4.63. The van der Waals surface area contributed by atoms with Gasteiger partial charge in [0.1, 0.15) is 5.82 Å². The predicted octanol–water partition coefficient (Wildman–Crippen LogP) is 1.76. The Morgan fingerprint density at radius 2 is 1.96 bits per heavy atom. The smallest absolute Gasteiger partial charge is 0.224 e. The molecule has 0 aromatic carbocycles. The molecule has 1 aliphatic rings. The van der Waals surface area contributed by atoms with E-state index in [0.717, 1.165) is 12.8 Å². The van der Waals surface area contributed by atoms with Gasteiger partial charge in [0.25, 0.3) is 0 Å². The van der Waals surface area contributed by atoms with Crippen LogP contribution in [0, 0.1) is 5.41 Å². The SMILES string of the molecule is N=Cc1c(NC2CCOCC2)nc(Cl)nc1-c1cnc(N)nc1. The fraction of sp³-hybridized carbons (Fsp3) is 0.357.